The third-order valence-corrected chi connectivity index (χ3v) is 6.73. The highest BCUT2D eigenvalue weighted by molar-refractivity contribution is 7.89. The number of carbonyl (C=O) groups excluding carboxylic acids is 1. The predicted molar refractivity (Wildman–Crippen MR) is 129 cm³/mol. The zero-order valence-corrected chi connectivity index (χ0v) is 19.5. The molecule has 10 heteroatoms. The van der Waals surface area contributed by atoms with E-state index in [1.807, 2.05) is 32.0 Å². The molecule has 0 heterocycles. The molecule has 0 radical (unpaired) electrons. The standard InChI is InChI=1S/C24H24N4O5S/c1-18-6-12-23(13-7-18)34(32,33)27(16-21-5-3-4-19(2)14-21)17-24(29)26-25-15-20-8-10-22(11-9-20)28(30)31/h3-15H,16-17H2,1-2H3,(H,26,29)/b25-15-. The first kappa shape index (κ1) is 24.7. The van der Waals surface area contributed by atoms with Crippen molar-refractivity contribution in [1.29, 1.82) is 0 Å². The van der Waals surface area contributed by atoms with Crippen molar-refractivity contribution in [3.63, 3.8) is 0 Å². The molecule has 0 aromatic heterocycles. The Hall–Kier alpha value is -3.89. The topological polar surface area (TPSA) is 122 Å². The van der Waals surface area contributed by atoms with Gasteiger partial charge in [-0.05, 0) is 49.2 Å². The smallest absolute Gasteiger partial charge is 0.269 e. The van der Waals surface area contributed by atoms with Gasteiger partial charge in [0.05, 0.1) is 22.6 Å². The average Bonchev–Trinajstić information content (AvgIpc) is 2.79. The second kappa shape index (κ2) is 10.8. The monoisotopic (exact) mass is 480 g/mol. The molecule has 3 rings (SSSR count). The number of nitro benzene ring substituents is 1. The lowest BCUT2D eigenvalue weighted by Crippen LogP contribution is -2.39. The highest BCUT2D eigenvalue weighted by Crippen LogP contribution is 2.19. The van der Waals surface area contributed by atoms with Crippen molar-refractivity contribution in [2.45, 2.75) is 25.3 Å². The molecule has 176 valence electrons. The number of carbonyl (C=O) groups is 1. The number of aryl methyl sites for hydroxylation is 2. The van der Waals surface area contributed by atoms with E-state index in [1.54, 1.807) is 18.2 Å². The van der Waals surface area contributed by atoms with Gasteiger partial charge < -0.3 is 0 Å². The molecular formula is C24H24N4O5S. The van der Waals surface area contributed by atoms with Crippen molar-refractivity contribution in [2.75, 3.05) is 6.54 Å². The predicted octanol–water partition coefficient (Wildman–Crippen LogP) is 3.55. The van der Waals surface area contributed by atoms with Gasteiger partial charge in [-0.3, -0.25) is 14.9 Å². The normalized spacial score (nSPS) is 11.6. The number of benzene rings is 3. The summed E-state index contributed by atoms with van der Waals surface area (Å²) in [6.45, 7) is 3.33. The van der Waals surface area contributed by atoms with E-state index in [0.29, 0.717) is 5.56 Å². The first-order chi connectivity index (χ1) is 16.1. The highest BCUT2D eigenvalue weighted by atomic mass is 32.2. The molecule has 0 saturated heterocycles. The fourth-order valence-corrected chi connectivity index (χ4v) is 4.54. The molecule has 0 bridgehead atoms. The first-order valence-corrected chi connectivity index (χ1v) is 11.8. The van der Waals surface area contributed by atoms with Crippen molar-refractivity contribution >= 4 is 27.8 Å². The SMILES string of the molecule is Cc1ccc(S(=O)(=O)N(CC(=O)N/N=C\c2ccc([N+](=O)[O-])cc2)Cc2cccc(C)c2)cc1. The molecule has 3 aromatic carbocycles. The average molecular weight is 481 g/mol. The summed E-state index contributed by atoms with van der Waals surface area (Å²) < 4.78 is 27.7. The maximum absolute atomic E-state index is 13.3. The Labute approximate surface area is 197 Å². The van der Waals surface area contributed by atoms with E-state index in [9.17, 15) is 23.3 Å². The molecule has 0 fully saturated rings. The molecule has 0 aliphatic rings. The Bertz CT molecular complexity index is 1300. The van der Waals surface area contributed by atoms with Gasteiger partial charge in [0.15, 0.2) is 0 Å². The van der Waals surface area contributed by atoms with Gasteiger partial charge >= 0.3 is 0 Å². The summed E-state index contributed by atoms with van der Waals surface area (Å²) in [5, 5.41) is 14.6. The zero-order chi connectivity index (χ0) is 24.7. The number of nitro groups is 1. The third kappa shape index (κ3) is 6.56. The van der Waals surface area contributed by atoms with Crippen LogP contribution in [0, 0.1) is 24.0 Å². The van der Waals surface area contributed by atoms with Crippen LogP contribution >= 0.6 is 0 Å². The molecular weight excluding hydrogens is 456 g/mol. The van der Waals surface area contributed by atoms with Crippen LogP contribution in [-0.2, 0) is 21.4 Å². The van der Waals surface area contributed by atoms with E-state index >= 15 is 0 Å². The highest BCUT2D eigenvalue weighted by Gasteiger charge is 2.27. The van der Waals surface area contributed by atoms with Crippen molar-refractivity contribution in [3.8, 4) is 0 Å². The summed E-state index contributed by atoms with van der Waals surface area (Å²) in [4.78, 5) is 22.9. The van der Waals surface area contributed by atoms with E-state index in [0.717, 1.165) is 21.0 Å². The number of nitrogens with one attached hydrogen (secondary N) is 1. The second-order valence-electron chi connectivity index (χ2n) is 7.72. The van der Waals surface area contributed by atoms with Crippen LogP contribution in [0.1, 0.15) is 22.3 Å². The summed E-state index contributed by atoms with van der Waals surface area (Å²) in [6, 6.07) is 19.4. The van der Waals surface area contributed by atoms with Gasteiger partial charge in [0.25, 0.3) is 11.6 Å². The van der Waals surface area contributed by atoms with E-state index in [-0.39, 0.29) is 17.1 Å². The maximum Gasteiger partial charge on any atom is 0.269 e. The molecule has 0 saturated carbocycles. The van der Waals surface area contributed by atoms with E-state index in [4.69, 9.17) is 0 Å². The van der Waals surface area contributed by atoms with Crippen molar-refractivity contribution in [3.05, 3.63) is 105 Å². The van der Waals surface area contributed by atoms with Gasteiger partial charge in [-0.25, -0.2) is 13.8 Å². The lowest BCUT2D eigenvalue weighted by molar-refractivity contribution is -0.384. The van der Waals surface area contributed by atoms with Gasteiger partial charge in [-0.1, -0.05) is 47.5 Å². The molecule has 0 spiro atoms. The minimum Gasteiger partial charge on any atom is -0.272 e. The summed E-state index contributed by atoms with van der Waals surface area (Å²) in [7, 11) is -3.96. The van der Waals surface area contributed by atoms with E-state index in [2.05, 4.69) is 10.5 Å². The molecule has 0 aliphatic carbocycles. The Morgan fingerprint density at radius 1 is 1.03 bits per heavy atom. The van der Waals surface area contributed by atoms with Crippen LogP contribution in [0.25, 0.3) is 0 Å². The number of sulfonamides is 1. The summed E-state index contributed by atoms with van der Waals surface area (Å²) in [6.07, 6.45) is 1.32. The lowest BCUT2D eigenvalue weighted by Gasteiger charge is -2.22. The molecule has 1 amide bonds. The van der Waals surface area contributed by atoms with Gasteiger partial charge in [-0.15, -0.1) is 0 Å². The zero-order valence-electron chi connectivity index (χ0n) is 18.7. The van der Waals surface area contributed by atoms with Crippen LogP contribution in [-0.4, -0.2) is 36.3 Å². The van der Waals surface area contributed by atoms with Crippen LogP contribution in [0.5, 0.6) is 0 Å². The number of nitrogens with zero attached hydrogens (tertiary/aromatic N) is 3. The van der Waals surface area contributed by atoms with Crippen LogP contribution < -0.4 is 5.43 Å². The van der Waals surface area contributed by atoms with Crippen molar-refractivity contribution in [2.24, 2.45) is 5.10 Å². The fourth-order valence-electron chi connectivity index (χ4n) is 3.16. The molecule has 0 unspecified atom stereocenters. The summed E-state index contributed by atoms with van der Waals surface area (Å²) in [5.74, 6) is -0.624. The second-order valence-corrected chi connectivity index (χ2v) is 9.65. The Morgan fingerprint density at radius 2 is 1.71 bits per heavy atom. The van der Waals surface area contributed by atoms with Crippen LogP contribution in [0.2, 0.25) is 0 Å². The van der Waals surface area contributed by atoms with E-state index < -0.39 is 27.4 Å². The van der Waals surface area contributed by atoms with Crippen molar-refractivity contribution in [1.82, 2.24) is 9.73 Å². The van der Waals surface area contributed by atoms with Crippen LogP contribution in [0.15, 0.2) is 82.8 Å². The largest absolute Gasteiger partial charge is 0.272 e. The minimum absolute atomic E-state index is 0.0113. The minimum atomic E-state index is -3.96. The van der Waals surface area contributed by atoms with Crippen LogP contribution in [0.4, 0.5) is 5.69 Å². The first-order valence-electron chi connectivity index (χ1n) is 10.3. The van der Waals surface area contributed by atoms with Crippen molar-refractivity contribution < 1.29 is 18.1 Å². The lowest BCUT2D eigenvalue weighted by atomic mass is 10.1. The molecule has 0 atom stereocenters. The van der Waals surface area contributed by atoms with Gasteiger partial charge in [0.2, 0.25) is 10.0 Å². The Morgan fingerprint density at radius 3 is 2.32 bits per heavy atom. The summed E-state index contributed by atoms with van der Waals surface area (Å²) in [5.41, 5.74) is 5.44. The molecule has 0 aliphatic heterocycles. The number of rotatable bonds is 9. The van der Waals surface area contributed by atoms with Crippen LogP contribution in [0.3, 0.4) is 0 Å². The fraction of sp³-hybridized carbons (Fsp3) is 0.167. The quantitative estimate of drug-likeness (QED) is 0.285. The summed E-state index contributed by atoms with van der Waals surface area (Å²) >= 11 is 0. The number of amides is 1. The van der Waals surface area contributed by atoms with Gasteiger partial charge in [0, 0.05) is 18.7 Å². The molecule has 34 heavy (non-hydrogen) atoms. The number of hydrogen-bond donors (Lipinski definition) is 1. The van der Waals surface area contributed by atoms with Gasteiger partial charge in [0.1, 0.15) is 0 Å². The number of hydrazone groups is 1. The third-order valence-electron chi connectivity index (χ3n) is 4.93. The molecule has 3 aromatic rings. The number of hydrogen-bond acceptors (Lipinski definition) is 6. The van der Waals surface area contributed by atoms with E-state index in [1.165, 1.54) is 42.6 Å². The Balaban J connectivity index is 1.76. The van der Waals surface area contributed by atoms with Gasteiger partial charge in [-0.2, -0.15) is 9.41 Å². The molecule has 1 N–H and O–H groups in total. The maximum atomic E-state index is 13.3. The molecule has 9 nitrogen and oxygen atoms in total. The number of non-ortho nitro benzene ring substituents is 1. The Kier molecular flexibility index (Phi) is 7.87.